The Morgan fingerprint density at radius 1 is 1.19 bits per heavy atom. The molecule has 2 fully saturated rings. The van der Waals surface area contributed by atoms with Crippen LogP contribution in [0, 0.1) is 5.41 Å². The fourth-order valence-electron chi connectivity index (χ4n) is 4.64. The number of carbonyl (C=O) groups excluding carboxylic acids is 1. The topological polar surface area (TPSA) is 79.8 Å². The summed E-state index contributed by atoms with van der Waals surface area (Å²) in [6.45, 7) is 0.680. The second-order valence-corrected chi connectivity index (χ2v) is 7.81. The molecule has 1 atom stereocenters. The fraction of sp³-hybridized carbons (Fsp3) is 0.500. The van der Waals surface area contributed by atoms with E-state index < -0.39 is 0 Å². The molecule has 0 radical (unpaired) electrons. The molecular formula is C20H23N5O. The zero-order chi connectivity index (χ0) is 17.6. The standard InChI is InChI=1S/C20H23N5O/c26-17-10-20(7-3-8-20)16(12-22-17)24-19-14-5-1-6-15(14)23-18(25-19)13-4-2-9-21-11-13/h2,4,9,11,16H,1,3,5-8,10,12H2,(H,22,26)(H,23,24,25). The van der Waals surface area contributed by atoms with Crippen LogP contribution in [0.15, 0.2) is 24.5 Å². The minimum absolute atomic E-state index is 0.104. The number of fused-ring (bicyclic) bond motifs is 1. The lowest BCUT2D eigenvalue weighted by molar-refractivity contribution is -0.128. The van der Waals surface area contributed by atoms with E-state index in [2.05, 4.69) is 15.6 Å². The van der Waals surface area contributed by atoms with Gasteiger partial charge in [-0.25, -0.2) is 9.97 Å². The molecule has 1 aliphatic heterocycles. The lowest BCUT2D eigenvalue weighted by Crippen LogP contribution is -2.58. The Hall–Kier alpha value is -2.50. The van der Waals surface area contributed by atoms with Crippen LogP contribution in [-0.2, 0) is 17.6 Å². The molecule has 2 aromatic heterocycles. The van der Waals surface area contributed by atoms with Crippen molar-refractivity contribution in [1.29, 1.82) is 0 Å². The van der Waals surface area contributed by atoms with Gasteiger partial charge >= 0.3 is 0 Å². The number of anilines is 1. The van der Waals surface area contributed by atoms with Crippen LogP contribution in [-0.4, -0.2) is 33.4 Å². The van der Waals surface area contributed by atoms with E-state index in [-0.39, 0.29) is 17.4 Å². The molecule has 1 spiro atoms. The van der Waals surface area contributed by atoms with Crippen molar-refractivity contribution < 1.29 is 4.79 Å². The third kappa shape index (κ3) is 2.55. The first-order valence-corrected chi connectivity index (χ1v) is 9.57. The highest BCUT2D eigenvalue weighted by Gasteiger charge is 2.48. The number of hydrogen-bond acceptors (Lipinski definition) is 5. The molecule has 26 heavy (non-hydrogen) atoms. The van der Waals surface area contributed by atoms with Crippen molar-refractivity contribution in [2.24, 2.45) is 5.41 Å². The van der Waals surface area contributed by atoms with Crippen LogP contribution in [0.5, 0.6) is 0 Å². The molecule has 0 bridgehead atoms. The Kier molecular flexibility index (Phi) is 3.65. The summed E-state index contributed by atoms with van der Waals surface area (Å²) in [5.74, 6) is 1.88. The molecule has 134 valence electrons. The van der Waals surface area contributed by atoms with Crippen LogP contribution in [0.2, 0.25) is 0 Å². The maximum atomic E-state index is 11.9. The van der Waals surface area contributed by atoms with Gasteiger partial charge in [0.1, 0.15) is 5.82 Å². The first-order valence-electron chi connectivity index (χ1n) is 9.57. The Labute approximate surface area is 152 Å². The Bertz CT molecular complexity index is 847. The van der Waals surface area contributed by atoms with Crippen molar-refractivity contribution in [1.82, 2.24) is 20.3 Å². The lowest BCUT2D eigenvalue weighted by atomic mass is 9.60. The molecule has 5 rings (SSSR count). The van der Waals surface area contributed by atoms with Crippen molar-refractivity contribution in [2.45, 2.75) is 51.0 Å². The van der Waals surface area contributed by atoms with Gasteiger partial charge in [-0.2, -0.15) is 0 Å². The quantitative estimate of drug-likeness (QED) is 0.890. The molecule has 6 heteroatoms. The zero-order valence-corrected chi connectivity index (χ0v) is 14.8. The van der Waals surface area contributed by atoms with Gasteiger partial charge in [-0.15, -0.1) is 0 Å². The third-order valence-electron chi connectivity index (χ3n) is 6.27. The van der Waals surface area contributed by atoms with Crippen LogP contribution in [0.4, 0.5) is 5.82 Å². The van der Waals surface area contributed by atoms with Gasteiger partial charge in [-0.3, -0.25) is 9.78 Å². The number of nitrogens with one attached hydrogen (secondary N) is 2. The summed E-state index contributed by atoms with van der Waals surface area (Å²) in [5, 5.41) is 6.75. The molecule has 0 aromatic carbocycles. The highest BCUT2D eigenvalue weighted by atomic mass is 16.1. The summed E-state index contributed by atoms with van der Waals surface area (Å²) < 4.78 is 0. The SMILES string of the molecule is O=C1CC2(CCC2)C(Nc2nc(-c3cccnc3)nc3c2CCC3)CN1. The highest BCUT2D eigenvalue weighted by molar-refractivity contribution is 5.78. The van der Waals surface area contributed by atoms with Crippen molar-refractivity contribution >= 4 is 11.7 Å². The molecule has 1 unspecified atom stereocenters. The molecule has 2 N–H and O–H groups in total. The molecule has 2 aromatic rings. The number of piperidine rings is 1. The van der Waals surface area contributed by atoms with E-state index in [1.807, 2.05) is 18.3 Å². The number of aryl methyl sites for hydroxylation is 1. The predicted octanol–water partition coefficient (Wildman–Crippen LogP) is 2.50. The van der Waals surface area contributed by atoms with Gasteiger partial charge in [-0.05, 0) is 44.2 Å². The summed E-state index contributed by atoms with van der Waals surface area (Å²) >= 11 is 0. The minimum atomic E-state index is 0.104. The van der Waals surface area contributed by atoms with E-state index in [1.54, 1.807) is 6.20 Å². The van der Waals surface area contributed by atoms with E-state index in [9.17, 15) is 4.79 Å². The number of pyridine rings is 1. The Morgan fingerprint density at radius 2 is 2.12 bits per heavy atom. The normalized spacial score (nSPS) is 23.2. The molecule has 6 nitrogen and oxygen atoms in total. The Balaban J connectivity index is 1.50. The monoisotopic (exact) mass is 349 g/mol. The lowest BCUT2D eigenvalue weighted by Gasteiger charge is -2.50. The van der Waals surface area contributed by atoms with Crippen molar-refractivity contribution in [3.05, 3.63) is 35.8 Å². The average Bonchev–Trinajstić information content (AvgIpc) is 3.11. The molecule has 1 saturated heterocycles. The first-order chi connectivity index (χ1) is 12.7. The number of aromatic nitrogens is 3. The fourth-order valence-corrected chi connectivity index (χ4v) is 4.64. The van der Waals surface area contributed by atoms with E-state index in [0.717, 1.165) is 55.0 Å². The van der Waals surface area contributed by atoms with Crippen LogP contribution in [0.3, 0.4) is 0 Å². The third-order valence-corrected chi connectivity index (χ3v) is 6.27. The predicted molar refractivity (Wildman–Crippen MR) is 98.6 cm³/mol. The van der Waals surface area contributed by atoms with Gasteiger partial charge in [0.2, 0.25) is 5.91 Å². The zero-order valence-electron chi connectivity index (χ0n) is 14.8. The van der Waals surface area contributed by atoms with E-state index in [4.69, 9.17) is 9.97 Å². The first kappa shape index (κ1) is 15.7. The molecule has 1 amide bonds. The number of nitrogens with zero attached hydrogens (tertiary/aromatic N) is 3. The van der Waals surface area contributed by atoms with Crippen LogP contribution < -0.4 is 10.6 Å². The van der Waals surface area contributed by atoms with Gasteiger partial charge in [0.15, 0.2) is 5.82 Å². The number of rotatable bonds is 3. The second-order valence-electron chi connectivity index (χ2n) is 7.81. The van der Waals surface area contributed by atoms with E-state index in [1.165, 1.54) is 12.0 Å². The number of amides is 1. The van der Waals surface area contributed by atoms with E-state index in [0.29, 0.717) is 13.0 Å². The second kappa shape index (κ2) is 6.04. The van der Waals surface area contributed by atoms with E-state index >= 15 is 0 Å². The van der Waals surface area contributed by atoms with Crippen molar-refractivity contribution in [2.75, 3.05) is 11.9 Å². The van der Waals surface area contributed by atoms with Crippen molar-refractivity contribution in [3.8, 4) is 11.4 Å². The summed E-state index contributed by atoms with van der Waals surface area (Å²) in [6.07, 6.45) is 10.8. The van der Waals surface area contributed by atoms with Gasteiger partial charge in [0, 0.05) is 47.6 Å². The summed E-state index contributed by atoms with van der Waals surface area (Å²) in [7, 11) is 0. The highest BCUT2D eigenvalue weighted by Crippen LogP contribution is 2.49. The van der Waals surface area contributed by atoms with Gasteiger partial charge in [0.05, 0.1) is 6.04 Å². The maximum absolute atomic E-state index is 11.9. The molecule has 3 aliphatic rings. The molecule has 3 heterocycles. The van der Waals surface area contributed by atoms with Crippen LogP contribution in [0.1, 0.15) is 43.4 Å². The summed E-state index contributed by atoms with van der Waals surface area (Å²) in [4.78, 5) is 25.8. The van der Waals surface area contributed by atoms with Crippen LogP contribution in [0.25, 0.3) is 11.4 Å². The molecular weight excluding hydrogens is 326 g/mol. The van der Waals surface area contributed by atoms with Gasteiger partial charge in [-0.1, -0.05) is 6.42 Å². The summed E-state index contributed by atoms with van der Waals surface area (Å²) in [5.41, 5.74) is 3.46. The maximum Gasteiger partial charge on any atom is 0.220 e. The minimum Gasteiger partial charge on any atom is -0.365 e. The smallest absolute Gasteiger partial charge is 0.220 e. The van der Waals surface area contributed by atoms with Gasteiger partial charge < -0.3 is 10.6 Å². The summed E-state index contributed by atoms with van der Waals surface area (Å²) in [6, 6.07) is 4.16. The average molecular weight is 349 g/mol. The Morgan fingerprint density at radius 3 is 2.88 bits per heavy atom. The largest absolute Gasteiger partial charge is 0.365 e. The number of carbonyl (C=O) groups is 1. The molecule has 2 aliphatic carbocycles. The number of hydrogen-bond donors (Lipinski definition) is 2. The van der Waals surface area contributed by atoms with Crippen LogP contribution >= 0.6 is 0 Å². The molecule has 1 saturated carbocycles. The van der Waals surface area contributed by atoms with Crippen molar-refractivity contribution in [3.63, 3.8) is 0 Å². The van der Waals surface area contributed by atoms with Gasteiger partial charge in [0.25, 0.3) is 0 Å².